The molecule has 140 valence electrons. The summed E-state index contributed by atoms with van der Waals surface area (Å²) in [4.78, 5) is 11.8. The summed E-state index contributed by atoms with van der Waals surface area (Å²) in [5.41, 5.74) is 4.42. The number of imidazole rings is 1. The number of nitrogens with zero attached hydrogens (tertiary/aromatic N) is 4. The van der Waals surface area contributed by atoms with Gasteiger partial charge in [0.15, 0.2) is 0 Å². The first-order valence-electron chi connectivity index (χ1n) is 9.68. The standard InChI is InChI=1S/C23H21ClN4/c24-18-6-8-20(9-7-18)28-22-16-25-13-10-21(22)26-23(28)17-11-14-27(15-12-17)19-4-2-1-3-5-19/h1-10,13,16-17H,11-12,14-15H2. The predicted molar refractivity (Wildman–Crippen MR) is 115 cm³/mol. The molecule has 0 saturated carbocycles. The van der Waals surface area contributed by atoms with Gasteiger partial charge in [0.2, 0.25) is 0 Å². The summed E-state index contributed by atoms with van der Waals surface area (Å²) in [6.07, 6.45) is 5.88. The molecule has 0 aliphatic carbocycles. The van der Waals surface area contributed by atoms with E-state index >= 15 is 0 Å². The molecule has 2 aromatic heterocycles. The SMILES string of the molecule is Clc1ccc(-n2c(C3CCN(c4ccccc4)CC3)nc3ccncc32)cc1. The maximum atomic E-state index is 6.11. The van der Waals surface area contributed by atoms with Crippen molar-refractivity contribution in [3.8, 4) is 5.69 Å². The second-order valence-electron chi connectivity index (χ2n) is 7.24. The quantitative estimate of drug-likeness (QED) is 0.467. The van der Waals surface area contributed by atoms with Crippen LogP contribution in [0.1, 0.15) is 24.6 Å². The summed E-state index contributed by atoms with van der Waals surface area (Å²) in [7, 11) is 0. The highest BCUT2D eigenvalue weighted by atomic mass is 35.5. The lowest BCUT2D eigenvalue weighted by molar-refractivity contribution is 0.483. The zero-order chi connectivity index (χ0) is 18.9. The zero-order valence-electron chi connectivity index (χ0n) is 15.5. The molecule has 0 atom stereocenters. The Morgan fingerprint density at radius 2 is 1.61 bits per heavy atom. The van der Waals surface area contributed by atoms with E-state index in [2.05, 4.69) is 56.9 Å². The Bertz CT molecular complexity index is 1080. The number of pyridine rings is 1. The first-order chi connectivity index (χ1) is 13.8. The first-order valence-corrected chi connectivity index (χ1v) is 10.1. The number of aromatic nitrogens is 3. The molecule has 28 heavy (non-hydrogen) atoms. The molecule has 1 aliphatic rings. The summed E-state index contributed by atoms with van der Waals surface area (Å²) in [6, 6.07) is 20.6. The Kier molecular flexibility index (Phi) is 4.49. The van der Waals surface area contributed by atoms with Crippen molar-refractivity contribution in [3.05, 3.63) is 83.9 Å². The Morgan fingerprint density at radius 1 is 0.857 bits per heavy atom. The molecule has 0 N–H and O–H groups in total. The van der Waals surface area contributed by atoms with Gasteiger partial charge in [-0.15, -0.1) is 0 Å². The number of hydrogen-bond donors (Lipinski definition) is 0. The van der Waals surface area contributed by atoms with Gasteiger partial charge in [-0.1, -0.05) is 29.8 Å². The van der Waals surface area contributed by atoms with E-state index in [0.29, 0.717) is 5.92 Å². The second kappa shape index (κ2) is 7.28. The minimum atomic E-state index is 0.419. The summed E-state index contributed by atoms with van der Waals surface area (Å²) in [6.45, 7) is 2.08. The molecule has 1 fully saturated rings. The van der Waals surface area contributed by atoms with Gasteiger partial charge in [0, 0.05) is 41.6 Å². The average Bonchev–Trinajstić information content (AvgIpc) is 3.15. The Morgan fingerprint density at radius 3 is 2.36 bits per heavy atom. The van der Waals surface area contributed by atoms with Gasteiger partial charge in [-0.2, -0.15) is 0 Å². The van der Waals surface area contributed by atoms with Crippen molar-refractivity contribution in [1.29, 1.82) is 0 Å². The number of benzene rings is 2. The molecule has 4 nitrogen and oxygen atoms in total. The minimum Gasteiger partial charge on any atom is -0.371 e. The van der Waals surface area contributed by atoms with Crippen LogP contribution in [0.4, 0.5) is 5.69 Å². The third-order valence-corrected chi connectivity index (χ3v) is 5.80. The fourth-order valence-corrected chi connectivity index (χ4v) is 4.24. The molecule has 5 rings (SSSR count). The van der Waals surface area contributed by atoms with Gasteiger partial charge in [0.25, 0.3) is 0 Å². The van der Waals surface area contributed by atoms with Gasteiger partial charge in [0.05, 0.1) is 17.2 Å². The van der Waals surface area contributed by atoms with Crippen LogP contribution in [-0.2, 0) is 0 Å². The van der Waals surface area contributed by atoms with Crippen LogP contribution in [-0.4, -0.2) is 27.6 Å². The normalized spacial score (nSPS) is 15.2. The van der Waals surface area contributed by atoms with Crippen LogP contribution in [0, 0.1) is 0 Å². The van der Waals surface area contributed by atoms with E-state index in [-0.39, 0.29) is 0 Å². The molecular formula is C23H21ClN4. The fourth-order valence-electron chi connectivity index (χ4n) is 4.11. The van der Waals surface area contributed by atoms with Gasteiger partial charge >= 0.3 is 0 Å². The monoisotopic (exact) mass is 388 g/mol. The van der Waals surface area contributed by atoms with Crippen LogP contribution in [0.25, 0.3) is 16.7 Å². The van der Waals surface area contributed by atoms with Crippen molar-refractivity contribution in [1.82, 2.24) is 14.5 Å². The number of anilines is 1. The highest BCUT2D eigenvalue weighted by molar-refractivity contribution is 6.30. The van der Waals surface area contributed by atoms with E-state index in [0.717, 1.165) is 53.5 Å². The van der Waals surface area contributed by atoms with Crippen molar-refractivity contribution in [3.63, 3.8) is 0 Å². The highest BCUT2D eigenvalue weighted by Gasteiger charge is 2.26. The van der Waals surface area contributed by atoms with Crippen LogP contribution in [0.2, 0.25) is 5.02 Å². The number of hydrogen-bond acceptors (Lipinski definition) is 3. The zero-order valence-corrected chi connectivity index (χ0v) is 16.3. The predicted octanol–water partition coefficient (Wildman–Crippen LogP) is 5.46. The minimum absolute atomic E-state index is 0.419. The van der Waals surface area contributed by atoms with Crippen LogP contribution in [0.5, 0.6) is 0 Å². The highest BCUT2D eigenvalue weighted by Crippen LogP contribution is 2.33. The second-order valence-corrected chi connectivity index (χ2v) is 7.68. The topological polar surface area (TPSA) is 34.0 Å². The largest absolute Gasteiger partial charge is 0.371 e. The molecule has 0 amide bonds. The number of para-hydroxylation sites is 1. The maximum absolute atomic E-state index is 6.11. The van der Waals surface area contributed by atoms with Crippen molar-refractivity contribution < 1.29 is 0 Å². The molecule has 1 aliphatic heterocycles. The molecule has 0 unspecified atom stereocenters. The van der Waals surface area contributed by atoms with E-state index in [1.54, 1.807) is 0 Å². The van der Waals surface area contributed by atoms with Gasteiger partial charge < -0.3 is 4.90 Å². The summed E-state index contributed by atoms with van der Waals surface area (Å²) in [5, 5.41) is 0.740. The smallest absolute Gasteiger partial charge is 0.117 e. The Balaban J connectivity index is 1.49. The summed E-state index contributed by atoms with van der Waals surface area (Å²) < 4.78 is 2.25. The molecule has 0 spiro atoms. The molecule has 1 saturated heterocycles. The molecule has 4 aromatic rings. The lowest BCUT2D eigenvalue weighted by Crippen LogP contribution is -2.33. The number of fused-ring (bicyclic) bond motifs is 1. The Labute approximate surface area is 169 Å². The lowest BCUT2D eigenvalue weighted by atomic mass is 9.95. The Hall–Kier alpha value is -2.85. The summed E-state index contributed by atoms with van der Waals surface area (Å²) in [5.74, 6) is 1.54. The van der Waals surface area contributed by atoms with Crippen LogP contribution in [0.3, 0.4) is 0 Å². The fraction of sp³-hybridized carbons (Fsp3) is 0.217. The van der Waals surface area contributed by atoms with Crippen LogP contribution in [0.15, 0.2) is 73.1 Å². The van der Waals surface area contributed by atoms with E-state index in [1.165, 1.54) is 5.69 Å². The molecule has 2 aromatic carbocycles. The van der Waals surface area contributed by atoms with Gasteiger partial charge in [-0.05, 0) is 55.3 Å². The maximum Gasteiger partial charge on any atom is 0.117 e. The van der Waals surface area contributed by atoms with Gasteiger partial charge in [-0.3, -0.25) is 9.55 Å². The molecular weight excluding hydrogens is 368 g/mol. The van der Waals surface area contributed by atoms with E-state index in [1.807, 2.05) is 30.6 Å². The number of rotatable bonds is 3. The summed E-state index contributed by atoms with van der Waals surface area (Å²) >= 11 is 6.11. The average molecular weight is 389 g/mol. The third kappa shape index (κ3) is 3.14. The molecule has 0 bridgehead atoms. The van der Waals surface area contributed by atoms with E-state index in [4.69, 9.17) is 16.6 Å². The molecule has 3 heterocycles. The number of piperidine rings is 1. The van der Waals surface area contributed by atoms with Crippen LogP contribution < -0.4 is 4.90 Å². The number of halogens is 1. The van der Waals surface area contributed by atoms with Crippen molar-refractivity contribution >= 4 is 28.3 Å². The van der Waals surface area contributed by atoms with E-state index in [9.17, 15) is 0 Å². The van der Waals surface area contributed by atoms with Crippen molar-refractivity contribution in [2.75, 3.05) is 18.0 Å². The van der Waals surface area contributed by atoms with Crippen molar-refractivity contribution in [2.45, 2.75) is 18.8 Å². The molecule has 5 heteroatoms. The van der Waals surface area contributed by atoms with Crippen molar-refractivity contribution in [2.24, 2.45) is 0 Å². The molecule has 0 radical (unpaired) electrons. The first kappa shape index (κ1) is 17.3. The lowest BCUT2D eigenvalue weighted by Gasteiger charge is -2.33. The van der Waals surface area contributed by atoms with Gasteiger partial charge in [0.1, 0.15) is 5.82 Å². The third-order valence-electron chi connectivity index (χ3n) is 5.55. The van der Waals surface area contributed by atoms with Gasteiger partial charge in [-0.25, -0.2) is 4.98 Å². The van der Waals surface area contributed by atoms with Crippen LogP contribution >= 0.6 is 11.6 Å². The van der Waals surface area contributed by atoms with E-state index < -0.39 is 0 Å².